The lowest BCUT2D eigenvalue weighted by atomic mass is 10.2. The second-order valence-corrected chi connectivity index (χ2v) is 8.94. The molecule has 0 N–H and O–H groups in total. The monoisotopic (exact) mass is 479 g/mol. The van der Waals surface area contributed by atoms with E-state index in [0.717, 1.165) is 44.8 Å². The summed E-state index contributed by atoms with van der Waals surface area (Å²) in [5.41, 5.74) is 1.46. The molecule has 1 aromatic carbocycles. The van der Waals surface area contributed by atoms with E-state index in [0.29, 0.717) is 22.2 Å². The molecule has 1 aliphatic rings. The van der Waals surface area contributed by atoms with Gasteiger partial charge in [-0.25, -0.2) is 4.98 Å². The molecule has 0 radical (unpaired) electrons. The number of thiazole rings is 1. The normalized spacial score (nSPS) is 14.6. The number of benzene rings is 1. The van der Waals surface area contributed by atoms with E-state index in [4.69, 9.17) is 4.74 Å². The molecule has 170 valence electrons. The van der Waals surface area contributed by atoms with Gasteiger partial charge in [-0.15, -0.1) is 22.7 Å². The second-order valence-electron chi connectivity index (χ2n) is 7.16. The summed E-state index contributed by atoms with van der Waals surface area (Å²) in [6, 6.07) is 10.0. The topological polar surface area (TPSA) is 54.9 Å². The Balaban J connectivity index is 1.48. The Labute approximate surface area is 193 Å². The second kappa shape index (κ2) is 11.0. The van der Waals surface area contributed by atoms with Crippen molar-refractivity contribution in [2.24, 2.45) is 0 Å². The minimum Gasteiger partial charge on any atom is -0.435 e. The molecule has 0 spiro atoms. The van der Waals surface area contributed by atoms with Crippen LogP contribution in [-0.2, 0) is 4.74 Å². The van der Waals surface area contributed by atoms with E-state index in [2.05, 4.69) is 14.6 Å². The Kier molecular flexibility index (Phi) is 7.80. The quantitative estimate of drug-likeness (QED) is 0.440. The Bertz CT molecular complexity index is 990. The average molecular weight is 480 g/mol. The van der Waals surface area contributed by atoms with Crippen LogP contribution in [0.15, 0.2) is 47.2 Å². The molecule has 0 aliphatic carbocycles. The highest BCUT2D eigenvalue weighted by Crippen LogP contribution is 2.30. The third-order valence-corrected chi connectivity index (χ3v) is 6.76. The number of anilines is 1. The van der Waals surface area contributed by atoms with Gasteiger partial charge in [-0.2, -0.15) is 8.78 Å². The molecule has 1 fully saturated rings. The van der Waals surface area contributed by atoms with Crippen molar-refractivity contribution in [1.82, 2.24) is 9.88 Å². The van der Waals surface area contributed by atoms with Crippen LogP contribution in [0.1, 0.15) is 16.1 Å². The van der Waals surface area contributed by atoms with Gasteiger partial charge in [0.05, 0.1) is 23.8 Å². The van der Waals surface area contributed by atoms with Gasteiger partial charge in [-0.05, 0) is 42.1 Å². The van der Waals surface area contributed by atoms with Gasteiger partial charge < -0.3 is 9.47 Å². The lowest BCUT2D eigenvalue weighted by molar-refractivity contribution is -0.0498. The summed E-state index contributed by atoms with van der Waals surface area (Å²) in [5, 5.41) is 4.37. The summed E-state index contributed by atoms with van der Waals surface area (Å²) in [4.78, 5) is 22.6. The first kappa shape index (κ1) is 22.8. The molecule has 1 amide bonds. The number of amides is 1. The molecule has 3 aromatic rings. The zero-order chi connectivity index (χ0) is 22.3. The molecule has 1 saturated heterocycles. The lowest BCUT2D eigenvalue weighted by Gasteiger charge is -2.27. The smallest absolute Gasteiger partial charge is 0.387 e. The van der Waals surface area contributed by atoms with Crippen LogP contribution in [0.25, 0.3) is 11.3 Å². The molecule has 0 unspecified atom stereocenters. The molecule has 4 rings (SSSR count). The standard InChI is InChI=1S/C22H23F2N3O3S2/c23-21(24)30-17-6-4-16(5-7-17)18-15-32-22(25-18)27(20(28)19-3-1-14-31-19)9-2-8-26-10-12-29-13-11-26/h1,3-7,14-15,21H,2,8-13H2. The number of nitrogens with zero attached hydrogens (tertiary/aromatic N) is 3. The lowest BCUT2D eigenvalue weighted by Crippen LogP contribution is -2.39. The molecule has 32 heavy (non-hydrogen) atoms. The average Bonchev–Trinajstić information content (AvgIpc) is 3.50. The maximum atomic E-state index is 13.2. The van der Waals surface area contributed by atoms with Gasteiger partial charge >= 0.3 is 6.61 Å². The number of carbonyl (C=O) groups is 1. The first-order valence-electron chi connectivity index (χ1n) is 10.3. The SMILES string of the molecule is O=C(c1cccs1)N(CCCN1CCOCC1)c1nc(-c2ccc(OC(F)F)cc2)cs1. The minimum atomic E-state index is -2.86. The molecule has 6 nitrogen and oxygen atoms in total. The van der Waals surface area contributed by atoms with Crippen LogP contribution in [0.5, 0.6) is 5.75 Å². The van der Waals surface area contributed by atoms with E-state index in [9.17, 15) is 13.6 Å². The van der Waals surface area contributed by atoms with Crippen molar-refractivity contribution in [2.75, 3.05) is 44.3 Å². The highest BCUT2D eigenvalue weighted by Gasteiger charge is 2.22. The minimum absolute atomic E-state index is 0.0661. The zero-order valence-electron chi connectivity index (χ0n) is 17.3. The van der Waals surface area contributed by atoms with Crippen molar-refractivity contribution >= 4 is 33.7 Å². The Hall–Kier alpha value is -2.40. The largest absolute Gasteiger partial charge is 0.435 e. The zero-order valence-corrected chi connectivity index (χ0v) is 18.9. The Morgan fingerprint density at radius 1 is 1.19 bits per heavy atom. The molecule has 3 heterocycles. The molecule has 0 bridgehead atoms. The van der Waals surface area contributed by atoms with E-state index in [-0.39, 0.29) is 11.7 Å². The Morgan fingerprint density at radius 3 is 2.66 bits per heavy atom. The van der Waals surface area contributed by atoms with Gasteiger partial charge in [0.15, 0.2) is 5.13 Å². The number of morpholine rings is 1. The van der Waals surface area contributed by atoms with E-state index in [1.54, 1.807) is 17.0 Å². The fraction of sp³-hybridized carbons (Fsp3) is 0.364. The van der Waals surface area contributed by atoms with Crippen LogP contribution in [0.4, 0.5) is 13.9 Å². The molecule has 1 aliphatic heterocycles. The summed E-state index contributed by atoms with van der Waals surface area (Å²) in [6.45, 7) is 1.89. The van der Waals surface area contributed by atoms with Crippen molar-refractivity contribution in [3.8, 4) is 17.0 Å². The van der Waals surface area contributed by atoms with Crippen molar-refractivity contribution in [3.05, 3.63) is 52.0 Å². The van der Waals surface area contributed by atoms with Crippen molar-refractivity contribution in [1.29, 1.82) is 0 Å². The summed E-state index contributed by atoms with van der Waals surface area (Å²) in [7, 11) is 0. The van der Waals surface area contributed by atoms with Crippen molar-refractivity contribution in [3.63, 3.8) is 0 Å². The number of aromatic nitrogens is 1. The van der Waals surface area contributed by atoms with Gasteiger partial charge in [0.1, 0.15) is 5.75 Å². The fourth-order valence-electron chi connectivity index (χ4n) is 3.42. The summed E-state index contributed by atoms with van der Waals surface area (Å²) in [6.07, 6.45) is 0.825. The first-order valence-corrected chi connectivity index (χ1v) is 12.0. The predicted molar refractivity (Wildman–Crippen MR) is 122 cm³/mol. The number of halogens is 2. The molecule has 0 saturated carbocycles. The third kappa shape index (κ3) is 5.89. The molecular weight excluding hydrogens is 456 g/mol. The number of ether oxygens (including phenoxy) is 2. The van der Waals surface area contributed by atoms with E-state index >= 15 is 0 Å². The van der Waals surface area contributed by atoms with Crippen LogP contribution >= 0.6 is 22.7 Å². The van der Waals surface area contributed by atoms with Crippen LogP contribution in [0.2, 0.25) is 0 Å². The number of hydrogen-bond acceptors (Lipinski definition) is 7. The van der Waals surface area contributed by atoms with Gasteiger partial charge in [0, 0.05) is 37.1 Å². The fourth-order valence-corrected chi connectivity index (χ4v) is 4.95. The number of rotatable bonds is 9. The van der Waals surface area contributed by atoms with E-state index < -0.39 is 6.61 Å². The van der Waals surface area contributed by atoms with Crippen molar-refractivity contribution < 1.29 is 23.0 Å². The number of thiophene rings is 1. The van der Waals surface area contributed by atoms with Crippen LogP contribution < -0.4 is 9.64 Å². The van der Waals surface area contributed by atoms with Gasteiger partial charge in [-0.3, -0.25) is 14.6 Å². The van der Waals surface area contributed by atoms with Crippen LogP contribution in [-0.4, -0.2) is 61.8 Å². The van der Waals surface area contributed by atoms with Gasteiger partial charge in [-0.1, -0.05) is 6.07 Å². The van der Waals surface area contributed by atoms with Gasteiger partial charge in [0.25, 0.3) is 5.91 Å². The van der Waals surface area contributed by atoms with Crippen LogP contribution in [0.3, 0.4) is 0 Å². The van der Waals surface area contributed by atoms with E-state index in [1.807, 2.05) is 22.9 Å². The number of carbonyl (C=O) groups excluding carboxylic acids is 1. The molecule has 0 atom stereocenters. The first-order chi connectivity index (χ1) is 15.6. The maximum Gasteiger partial charge on any atom is 0.387 e. The molecule has 10 heteroatoms. The van der Waals surface area contributed by atoms with Crippen molar-refractivity contribution in [2.45, 2.75) is 13.0 Å². The maximum absolute atomic E-state index is 13.2. The number of alkyl halides is 2. The Morgan fingerprint density at radius 2 is 1.97 bits per heavy atom. The molecular formula is C22H23F2N3O3S2. The predicted octanol–water partition coefficient (Wildman–Crippen LogP) is 4.84. The molecule has 2 aromatic heterocycles. The highest BCUT2D eigenvalue weighted by atomic mass is 32.1. The number of hydrogen-bond donors (Lipinski definition) is 0. The summed E-state index contributed by atoms with van der Waals surface area (Å²) in [5.74, 6) is 0.0281. The van der Waals surface area contributed by atoms with Crippen LogP contribution in [0, 0.1) is 0 Å². The highest BCUT2D eigenvalue weighted by molar-refractivity contribution is 7.14. The third-order valence-electron chi connectivity index (χ3n) is 5.04. The summed E-state index contributed by atoms with van der Waals surface area (Å²) >= 11 is 2.80. The van der Waals surface area contributed by atoms with E-state index in [1.165, 1.54) is 34.8 Å². The summed E-state index contributed by atoms with van der Waals surface area (Å²) < 4.78 is 34.5. The van der Waals surface area contributed by atoms with Gasteiger partial charge in [0.2, 0.25) is 0 Å².